The molecule has 0 spiro atoms. The zero-order valence-electron chi connectivity index (χ0n) is 15.0. The number of likely N-dealkylation sites (tertiary alicyclic amines) is 1. The van der Waals surface area contributed by atoms with E-state index in [9.17, 15) is 4.79 Å². The highest BCUT2D eigenvalue weighted by molar-refractivity contribution is 6.32. The van der Waals surface area contributed by atoms with Crippen LogP contribution in [0.2, 0.25) is 5.02 Å². The van der Waals surface area contributed by atoms with Gasteiger partial charge in [0, 0.05) is 23.5 Å². The molecule has 2 heterocycles. The van der Waals surface area contributed by atoms with Crippen LogP contribution in [0.1, 0.15) is 30.3 Å². The van der Waals surface area contributed by atoms with E-state index in [4.69, 9.17) is 16.3 Å². The minimum atomic E-state index is -0.0393. The molecule has 1 saturated heterocycles. The molecule has 26 heavy (non-hydrogen) atoms. The van der Waals surface area contributed by atoms with Crippen molar-refractivity contribution in [1.29, 1.82) is 0 Å². The van der Waals surface area contributed by atoms with Gasteiger partial charge in [-0.1, -0.05) is 11.6 Å². The molecule has 0 saturated carbocycles. The third-order valence-electron chi connectivity index (χ3n) is 4.61. The Bertz CT molecular complexity index is 776. The molecule has 3 rings (SSSR count). The van der Waals surface area contributed by atoms with Crippen LogP contribution in [0.3, 0.4) is 0 Å². The number of amides is 1. The number of carbonyl (C=O) groups excluding carboxylic acids is 1. The molecule has 0 aliphatic carbocycles. The number of carbonyl (C=O) groups is 1. The van der Waals surface area contributed by atoms with Gasteiger partial charge in [-0.05, 0) is 57.1 Å². The lowest BCUT2D eigenvalue weighted by Gasteiger charge is -2.31. The third kappa shape index (κ3) is 4.71. The normalized spacial score (nSPS) is 15.7. The lowest BCUT2D eigenvalue weighted by molar-refractivity contribution is -0.117. The molecule has 0 atom stereocenters. The van der Waals surface area contributed by atoms with E-state index in [1.54, 1.807) is 25.3 Å². The van der Waals surface area contributed by atoms with Crippen molar-refractivity contribution in [3.05, 3.63) is 47.0 Å². The average Bonchev–Trinajstić information content (AvgIpc) is 2.62. The lowest BCUT2D eigenvalue weighted by Crippen LogP contribution is -2.38. The summed E-state index contributed by atoms with van der Waals surface area (Å²) in [6.45, 7) is 4.04. The fourth-order valence-electron chi connectivity index (χ4n) is 3.24. The first-order valence-electron chi connectivity index (χ1n) is 8.70. The molecule has 7 heteroatoms. The highest BCUT2D eigenvalue weighted by Crippen LogP contribution is 2.28. The van der Waals surface area contributed by atoms with Crippen LogP contribution in [0.4, 0.5) is 5.69 Å². The number of rotatable bonds is 5. The number of hydrogen-bond acceptors (Lipinski definition) is 5. The fourth-order valence-corrected chi connectivity index (χ4v) is 3.49. The van der Waals surface area contributed by atoms with Gasteiger partial charge in [0.05, 0.1) is 18.7 Å². The monoisotopic (exact) mass is 374 g/mol. The van der Waals surface area contributed by atoms with Crippen molar-refractivity contribution in [3.8, 4) is 5.75 Å². The molecule has 0 radical (unpaired) electrons. The van der Waals surface area contributed by atoms with Crippen molar-refractivity contribution < 1.29 is 9.53 Å². The van der Waals surface area contributed by atoms with Crippen LogP contribution in [0.25, 0.3) is 0 Å². The van der Waals surface area contributed by atoms with Crippen molar-refractivity contribution >= 4 is 23.2 Å². The van der Waals surface area contributed by atoms with Crippen LogP contribution in [0.5, 0.6) is 5.75 Å². The van der Waals surface area contributed by atoms with E-state index < -0.39 is 0 Å². The number of ether oxygens (including phenoxy) is 1. The molecule has 1 amide bonds. The second-order valence-corrected chi connectivity index (χ2v) is 6.88. The van der Waals surface area contributed by atoms with Crippen LogP contribution in [-0.2, 0) is 4.79 Å². The quantitative estimate of drug-likeness (QED) is 0.870. The van der Waals surface area contributed by atoms with Gasteiger partial charge in [0.25, 0.3) is 0 Å². The second-order valence-electron chi connectivity index (χ2n) is 6.48. The number of benzene rings is 1. The van der Waals surface area contributed by atoms with Crippen LogP contribution in [0, 0.1) is 6.92 Å². The molecule has 0 unspecified atom stereocenters. The first-order chi connectivity index (χ1) is 12.5. The maximum atomic E-state index is 12.3. The topological polar surface area (TPSA) is 67.3 Å². The van der Waals surface area contributed by atoms with Crippen molar-refractivity contribution in [2.75, 3.05) is 32.1 Å². The number of nitrogens with zero attached hydrogens (tertiary/aromatic N) is 3. The Hall–Kier alpha value is -2.18. The predicted octanol–water partition coefficient (Wildman–Crippen LogP) is 3.27. The summed E-state index contributed by atoms with van der Waals surface area (Å²) >= 11 is 6.09. The Balaban J connectivity index is 1.49. The van der Waals surface area contributed by atoms with E-state index in [0.29, 0.717) is 28.9 Å². The fraction of sp³-hybridized carbons (Fsp3) is 0.421. The molecule has 1 aliphatic heterocycles. The standard InChI is InChI=1S/C19H23ClN4O2/c1-13-21-8-5-17(22-13)14-6-9-24(10-7-14)12-19(25)23-15-3-4-18(26-2)16(20)11-15/h3-5,8,11,14H,6-7,9-10,12H2,1-2H3,(H,23,25). The number of halogens is 1. The summed E-state index contributed by atoms with van der Waals surface area (Å²) in [7, 11) is 1.56. The summed E-state index contributed by atoms with van der Waals surface area (Å²) in [6, 6.07) is 7.22. The van der Waals surface area contributed by atoms with Crippen LogP contribution < -0.4 is 10.1 Å². The smallest absolute Gasteiger partial charge is 0.238 e. The predicted molar refractivity (Wildman–Crippen MR) is 102 cm³/mol. The van der Waals surface area contributed by atoms with Gasteiger partial charge in [-0.2, -0.15) is 0 Å². The van der Waals surface area contributed by atoms with E-state index >= 15 is 0 Å². The maximum Gasteiger partial charge on any atom is 0.238 e. The van der Waals surface area contributed by atoms with Crippen molar-refractivity contribution in [2.24, 2.45) is 0 Å². The molecule has 1 fully saturated rings. The zero-order valence-corrected chi connectivity index (χ0v) is 15.8. The van der Waals surface area contributed by atoms with E-state index in [1.165, 1.54) is 0 Å². The second kappa shape index (κ2) is 8.47. The minimum absolute atomic E-state index is 0.0393. The maximum absolute atomic E-state index is 12.3. The van der Waals surface area contributed by atoms with Crippen molar-refractivity contribution in [3.63, 3.8) is 0 Å². The van der Waals surface area contributed by atoms with Gasteiger partial charge in [-0.3, -0.25) is 9.69 Å². The molecular formula is C19H23ClN4O2. The number of nitrogens with one attached hydrogen (secondary N) is 1. The Kier molecular flexibility index (Phi) is 6.06. The van der Waals surface area contributed by atoms with Gasteiger partial charge in [0.1, 0.15) is 11.6 Å². The van der Waals surface area contributed by atoms with Gasteiger partial charge < -0.3 is 10.1 Å². The highest BCUT2D eigenvalue weighted by Gasteiger charge is 2.23. The summed E-state index contributed by atoms with van der Waals surface area (Å²) in [5.41, 5.74) is 1.78. The molecule has 138 valence electrons. The van der Waals surface area contributed by atoms with Gasteiger partial charge in [0.15, 0.2) is 0 Å². The summed E-state index contributed by atoms with van der Waals surface area (Å²) in [6.07, 6.45) is 3.81. The molecule has 0 bridgehead atoms. The number of piperidine rings is 1. The Morgan fingerprint density at radius 1 is 1.35 bits per heavy atom. The number of hydrogen-bond donors (Lipinski definition) is 1. The number of aryl methyl sites for hydroxylation is 1. The summed E-state index contributed by atoms with van der Waals surface area (Å²) < 4.78 is 5.12. The van der Waals surface area contributed by atoms with Crippen molar-refractivity contribution in [1.82, 2.24) is 14.9 Å². The Labute approximate surface area is 158 Å². The Morgan fingerprint density at radius 3 is 2.77 bits per heavy atom. The molecule has 6 nitrogen and oxygen atoms in total. The summed E-state index contributed by atoms with van der Waals surface area (Å²) in [4.78, 5) is 23.2. The first-order valence-corrected chi connectivity index (χ1v) is 9.08. The van der Waals surface area contributed by atoms with E-state index in [-0.39, 0.29) is 5.91 Å². The zero-order chi connectivity index (χ0) is 18.5. The van der Waals surface area contributed by atoms with Crippen molar-refractivity contribution in [2.45, 2.75) is 25.7 Å². The molecule has 2 aromatic rings. The van der Waals surface area contributed by atoms with Gasteiger partial charge in [-0.15, -0.1) is 0 Å². The lowest BCUT2D eigenvalue weighted by atomic mass is 9.93. The molecule has 1 aromatic heterocycles. The number of methoxy groups -OCH3 is 1. The van der Waals surface area contributed by atoms with Gasteiger partial charge in [-0.25, -0.2) is 9.97 Å². The van der Waals surface area contributed by atoms with Crippen LogP contribution >= 0.6 is 11.6 Å². The van der Waals surface area contributed by atoms with Crippen LogP contribution in [-0.4, -0.2) is 47.5 Å². The largest absolute Gasteiger partial charge is 0.495 e. The van der Waals surface area contributed by atoms with E-state index in [1.807, 2.05) is 19.2 Å². The number of anilines is 1. The number of aromatic nitrogens is 2. The Morgan fingerprint density at radius 2 is 2.12 bits per heavy atom. The SMILES string of the molecule is COc1ccc(NC(=O)CN2CCC(c3ccnc(C)n3)CC2)cc1Cl. The molecular weight excluding hydrogens is 352 g/mol. The summed E-state index contributed by atoms with van der Waals surface area (Å²) in [5.74, 6) is 1.80. The first kappa shape index (κ1) is 18.6. The average molecular weight is 375 g/mol. The van der Waals surface area contributed by atoms with Crippen LogP contribution in [0.15, 0.2) is 30.5 Å². The van der Waals surface area contributed by atoms with Gasteiger partial charge >= 0.3 is 0 Å². The van der Waals surface area contributed by atoms with E-state index in [2.05, 4.69) is 20.2 Å². The third-order valence-corrected chi connectivity index (χ3v) is 4.90. The highest BCUT2D eigenvalue weighted by atomic mass is 35.5. The van der Waals surface area contributed by atoms with Gasteiger partial charge in [0.2, 0.25) is 5.91 Å². The molecule has 1 aromatic carbocycles. The molecule has 1 N–H and O–H groups in total. The summed E-state index contributed by atoms with van der Waals surface area (Å²) in [5, 5.41) is 3.37. The minimum Gasteiger partial charge on any atom is -0.495 e. The van der Waals surface area contributed by atoms with E-state index in [0.717, 1.165) is 37.4 Å². The molecule has 1 aliphatic rings.